The number of esters is 1. The van der Waals surface area contributed by atoms with Crippen LogP contribution in [0.4, 0.5) is 5.00 Å². The lowest BCUT2D eigenvalue weighted by atomic mass is 10.1. The van der Waals surface area contributed by atoms with Crippen molar-refractivity contribution in [2.75, 3.05) is 17.7 Å². The number of hydrogen-bond donors (Lipinski definition) is 2. The van der Waals surface area contributed by atoms with Gasteiger partial charge in [-0.3, -0.25) is 9.59 Å². The van der Waals surface area contributed by atoms with Crippen molar-refractivity contribution in [2.24, 2.45) is 5.73 Å². The van der Waals surface area contributed by atoms with Gasteiger partial charge in [0.05, 0.1) is 27.8 Å². The number of primary amides is 1. The molecule has 7 nitrogen and oxygen atoms in total. The number of thioether (sulfide) groups is 1. The molecule has 3 N–H and O–H groups in total. The number of aromatic nitrogens is 1. The first-order valence-electron chi connectivity index (χ1n) is 7.38. The van der Waals surface area contributed by atoms with Crippen LogP contribution in [0.15, 0.2) is 29.4 Å². The van der Waals surface area contributed by atoms with E-state index in [1.54, 1.807) is 32.2 Å². The molecule has 2 aromatic heterocycles. The Morgan fingerprint density at radius 2 is 2.12 bits per heavy atom. The summed E-state index contributed by atoms with van der Waals surface area (Å²) in [6.45, 7) is 3.46. The number of nitrogens with zero attached hydrogens (tertiary/aromatic N) is 1. The van der Waals surface area contributed by atoms with Crippen molar-refractivity contribution in [3.05, 3.63) is 40.4 Å². The second-order valence-electron chi connectivity index (χ2n) is 4.85. The molecule has 2 aromatic rings. The number of anilines is 1. The predicted octanol–water partition coefficient (Wildman–Crippen LogP) is 2.46. The zero-order chi connectivity index (χ0) is 18.4. The minimum Gasteiger partial charge on any atom is -0.462 e. The van der Waals surface area contributed by atoms with E-state index < -0.39 is 11.9 Å². The monoisotopic (exact) mass is 379 g/mol. The number of amides is 2. The van der Waals surface area contributed by atoms with Gasteiger partial charge in [-0.25, -0.2) is 9.78 Å². The average molecular weight is 379 g/mol. The summed E-state index contributed by atoms with van der Waals surface area (Å²) in [5.74, 6) is -1.46. The molecule has 2 heterocycles. The van der Waals surface area contributed by atoms with Gasteiger partial charge in [-0.05, 0) is 31.5 Å². The Labute approximate surface area is 153 Å². The van der Waals surface area contributed by atoms with Crippen molar-refractivity contribution in [1.82, 2.24) is 4.98 Å². The molecule has 0 saturated carbocycles. The van der Waals surface area contributed by atoms with Crippen molar-refractivity contribution >= 4 is 45.9 Å². The second-order valence-corrected chi connectivity index (χ2v) is 6.87. The molecule has 132 valence electrons. The van der Waals surface area contributed by atoms with Crippen LogP contribution in [0.5, 0.6) is 0 Å². The van der Waals surface area contributed by atoms with E-state index in [0.717, 1.165) is 11.3 Å². The van der Waals surface area contributed by atoms with Gasteiger partial charge in [0.1, 0.15) is 5.00 Å². The molecule has 0 atom stereocenters. The Bertz CT molecular complexity index is 790. The standard InChI is InChI=1S/C16H17N3O4S2/c1-3-23-16(22)12-9(2)13(14(17)21)25-15(12)19-10(20)8-24-11-6-4-5-7-18-11/h4-7H,3,8H2,1-2H3,(H2,17,21)(H,19,20). The Balaban J connectivity index is 2.16. The summed E-state index contributed by atoms with van der Waals surface area (Å²) in [6.07, 6.45) is 1.64. The van der Waals surface area contributed by atoms with E-state index in [0.29, 0.717) is 10.6 Å². The van der Waals surface area contributed by atoms with E-state index >= 15 is 0 Å². The number of carbonyl (C=O) groups excluding carboxylic acids is 3. The molecule has 0 aliphatic heterocycles. The van der Waals surface area contributed by atoms with E-state index in [4.69, 9.17) is 10.5 Å². The third-order valence-electron chi connectivity index (χ3n) is 3.09. The summed E-state index contributed by atoms with van der Waals surface area (Å²) < 4.78 is 5.00. The van der Waals surface area contributed by atoms with Gasteiger partial charge in [0.2, 0.25) is 5.91 Å². The first kappa shape index (κ1) is 18.9. The molecular formula is C16H17N3O4S2. The predicted molar refractivity (Wildman–Crippen MR) is 97.1 cm³/mol. The summed E-state index contributed by atoms with van der Waals surface area (Å²) in [7, 11) is 0. The smallest absolute Gasteiger partial charge is 0.341 e. The summed E-state index contributed by atoms with van der Waals surface area (Å²) in [5.41, 5.74) is 5.90. The Hall–Kier alpha value is -2.39. The van der Waals surface area contributed by atoms with Gasteiger partial charge in [0, 0.05) is 6.20 Å². The summed E-state index contributed by atoms with van der Waals surface area (Å²) in [5, 5.41) is 3.63. The summed E-state index contributed by atoms with van der Waals surface area (Å²) >= 11 is 2.23. The number of nitrogens with two attached hydrogens (primary N) is 1. The number of thiophene rings is 1. The maximum absolute atomic E-state index is 12.2. The molecule has 0 aliphatic carbocycles. The number of nitrogens with one attached hydrogen (secondary N) is 1. The topological polar surface area (TPSA) is 111 Å². The van der Waals surface area contributed by atoms with Gasteiger partial charge in [0.25, 0.3) is 5.91 Å². The molecule has 0 unspecified atom stereocenters. The molecule has 0 fully saturated rings. The average Bonchev–Trinajstić information content (AvgIpc) is 2.90. The van der Waals surface area contributed by atoms with Gasteiger partial charge in [-0.15, -0.1) is 11.3 Å². The van der Waals surface area contributed by atoms with Crippen LogP contribution in [0, 0.1) is 6.92 Å². The number of hydrogen-bond acceptors (Lipinski definition) is 7. The normalized spacial score (nSPS) is 10.3. The van der Waals surface area contributed by atoms with E-state index in [2.05, 4.69) is 10.3 Å². The number of rotatable bonds is 7. The first-order valence-corrected chi connectivity index (χ1v) is 9.18. The van der Waals surface area contributed by atoms with Gasteiger partial charge in [-0.2, -0.15) is 0 Å². The zero-order valence-corrected chi connectivity index (χ0v) is 15.3. The molecule has 0 radical (unpaired) electrons. The van der Waals surface area contributed by atoms with Crippen LogP contribution in [0.25, 0.3) is 0 Å². The van der Waals surface area contributed by atoms with Crippen molar-refractivity contribution in [1.29, 1.82) is 0 Å². The second kappa shape index (κ2) is 8.63. The summed E-state index contributed by atoms with van der Waals surface area (Å²) in [4.78, 5) is 40.2. The first-order chi connectivity index (χ1) is 11.9. The molecule has 0 aromatic carbocycles. The van der Waals surface area contributed by atoms with Crippen LogP contribution >= 0.6 is 23.1 Å². The molecular weight excluding hydrogens is 362 g/mol. The Morgan fingerprint density at radius 1 is 1.36 bits per heavy atom. The molecule has 0 bridgehead atoms. The lowest BCUT2D eigenvalue weighted by molar-refractivity contribution is -0.113. The largest absolute Gasteiger partial charge is 0.462 e. The third-order valence-corrected chi connectivity index (χ3v) is 5.26. The quantitative estimate of drug-likeness (QED) is 0.565. The molecule has 9 heteroatoms. The fourth-order valence-corrected chi connectivity index (χ4v) is 3.74. The molecule has 2 rings (SSSR count). The van der Waals surface area contributed by atoms with E-state index in [9.17, 15) is 14.4 Å². The lowest BCUT2D eigenvalue weighted by Crippen LogP contribution is -2.16. The molecule has 25 heavy (non-hydrogen) atoms. The van der Waals surface area contributed by atoms with Crippen molar-refractivity contribution in [3.8, 4) is 0 Å². The minimum absolute atomic E-state index is 0.113. The van der Waals surface area contributed by atoms with Gasteiger partial charge in [-0.1, -0.05) is 17.8 Å². The van der Waals surface area contributed by atoms with Gasteiger partial charge in [0.15, 0.2) is 0 Å². The molecule has 0 saturated heterocycles. The number of ether oxygens (including phenoxy) is 1. The fourth-order valence-electron chi connectivity index (χ4n) is 2.02. The van der Waals surface area contributed by atoms with Gasteiger partial charge < -0.3 is 15.8 Å². The van der Waals surface area contributed by atoms with Crippen molar-refractivity contribution in [3.63, 3.8) is 0 Å². The number of pyridine rings is 1. The lowest BCUT2D eigenvalue weighted by Gasteiger charge is -2.07. The Morgan fingerprint density at radius 3 is 2.72 bits per heavy atom. The van der Waals surface area contributed by atoms with E-state index in [1.165, 1.54) is 11.8 Å². The maximum Gasteiger partial charge on any atom is 0.341 e. The van der Waals surface area contributed by atoms with Crippen LogP contribution < -0.4 is 11.1 Å². The van der Waals surface area contributed by atoms with E-state index in [1.807, 2.05) is 6.07 Å². The molecule has 2 amide bonds. The van der Waals surface area contributed by atoms with E-state index in [-0.39, 0.29) is 33.7 Å². The third kappa shape index (κ3) is 4.80. The zero-order valence-electron chi connectivity index (χ0n) is 13.7. The highest BCUT2D eigenvalue weighted by atomic mass is 32.2. The number of carbonyl (C=O) groups is 3. The fraction of sp³-hybridized carbons (Fsp3) is 0.250. The highest BCUT2D eigenvalue weighted by molar-refractivity contribution is 7.99. The van der Waals surface area contributed by atoms with Crippen LogP contribution in [-0.2, 0) is 9.53 Å². The highest BCUT2D eigenvalue weighted by Gasteiger charge is 2.25. The Kier molecular flexibility index (Phi) is 6.54. The van der Waals surface area contributed by atoms with Crippen LogP contribution in [0.3, 0.4) is 0 Å². The summed E-state index contributed by atoms with van der Waals surface area (Å²) in [6, 6.07) is 5.41. The maximum atomic E-state index is 12.2. The minimum atomic E-state index is -0.656. The van der Waals surface area contributed by atoms with Crippen molar-refractivity contribution in [2.45, 2.75) is 18.9 Å². The van der Waals surface area contributed by atoms with Crippen LogP contribution in [0.1, 0.15) is 32.5 Å². The van der Waals surface area contributed by atoms with Crippen molar-refractivity contribution < 1.29 is 19.1 Å². The van der Waals surface area contributed by atoms with Crippen LogP contribution in [0.2, 0.25) is 0 Å². The van der Waals surface area contributed by atoms with Crippen LogP contribution in [-0.4, -0.2) is 35.1 Å². The highest BCUT2D eigenvalue weighted by Crippen LogP contribution is 2.33. The molecule has 0 aliphatic rings. The van der Waals surface area contributed by atoms with Gasteiger partial charge >= 0.3 is 5.97 Å². The SMILES string of the molecule is CCOC(=O)c1c(NC(=O)CSc2ccccn2)sc(C(N)=O)c1C. The molecule has 0 spiro atoms.